The van der Waals surface area contributed by atoms with Crippen LogP contribution in [0.15, 0.2) is 43.5 Å². The summed E-state index contributed by atoms with van der Waals surface area (Å²) < 4.78 is 2.08. The molecule has 3 aromatic rings. The first-order chi connectivity index (χ1) is 11.8. The highest BCUT2D eigenvalue weighted by Crippen LogP contribution is 2.27. The SMILES string of the molecule is O=C(c1cnc(-c2cnccn2)s1)N1CCCC(n2ccnc2)C1. The van der Waals surface area contributed by atoms with Crippen LogP contribution in [0.25, 0.3) is 10.7 Å². The van der Waals surface area contributed by atoms with Gasteiger partial charge in [0.2, 0.25) is 0 Å². The van der Waals surface area contributed by atoms with Gasteiger partial charge in [-0.3, -0.25) is 14.8 Å². The van der Waals surface area contributed by atoms with Crippen LogP contribution in [0.3, 0.4) is 0 Å². The van der Waals surface area contributed by atoms with Gasteiger partial charge in [0.25, 0.3) is 5.91 Å². The van der Waals surface area contributed by atoms with Crippen LogP contribution in [-0.4, -0.2) is 48.4 Å². The first-order valence-corrected chi connectivity index (χ1v) is 8.62. The van der Waals surface area contributed by atoms with Gasteiger partial charge in [-0.05, 0) is 12.8 Å². The van der Waals surface area contributed by atoms with Crippen LogP contribution >= 0.6 is 11.3 Å². The molecule has 1 aliphatic heterocycles. The van der Waals surface area contributed by atoms with E-state index < -0.39 is 0 Å². The number of hydrogen-bond donors (Lipinski definition) is 0. The first-order valence-electron chi connectivity index (χ1n) is 7.80. The first kappa shape index (κ1) is 14.9. The van der Waals surface area contributed by atoms with E-state index in [1.165, 1.54) is 11.3 Å². The highest BCUT2D eigenvalue weighted by Gasteiger charge is 2.26. The number of imidazole rings is 1. The number of rotatable bonds is 3. The molecule has 3 aromatic heterocycles. The van der Waals surface area contributed by atoms with Gasteiger partial charge in [-0.25, -0.2) is 9.97 Å². The molecule has 7 nitrogen and oxygen atoms in total. The van der Waals surface area contributed by atoms with Gasteiger partial charge in [0, 0.05) is 37.9 Å². The molecule has 0 spiro atoms. The molecule has 0 N–H and O–H groups in total. The lowest BCUT2D eigenvalue weighted by atomic mass is 10.1. The number of carbonyl (C=O) groups excluding carboxylic acids is 1. The molecule has 24 heavy (non-hydrogen) atoms. The summed E-state index contributed by atoms with van der Waals surface area (Å²) in [7, 11) is 0. The van der Waals surface area contributed by atoms with E-state index in [-0.39, 0.29) is 11.9 Å². The Balaban J connectivity index is 1.50. The van der Waals surface area contributed by atoms with Gasteiger partial charge < -0.3 is 9.47 Å². The summed E-state index contributed by atoms with van der Waals surface area (Å²) in [6.07, 6.45) is 14.1. The average molecular weight is 340 g/mol. The molecule has 8 heteroatoms. The van der Waals surface area contributed by atoms with Crippen LogP contribution in [0.5, 0.6) is 0 Å². The largest absolute Gasteiger partial charge is 0.336 e. The molecule has 0 radical (unpaired) electrons. The molecule has 1 aliphatic rings. The van der Waals surface area contributed by atoms with Gasteiger partial charge in [-0.2, -0.15) is 0 Å². The summed E-state index contributed by atoms with van der Waals surface area (Å²) in [5.74, 6) is 0.0347. The van der Waals surface area contributed by atoms with Crippen LogP contribution in [0.1, 0.15) is 28.6 Å². The minimum Gasteiger partial charge on any atom is -0.336 e. The summed E-state index contributed by atoms with van der Waals surface area (Å²) >= 11 is 1.36. The molecule has 122 valence electrons. The van der Waals surface area contributed by atoms with Crippen molar-refractivity contribution < 1.29 is 4.79 Å². The van der Waals surface area contributed by atoms with Crippen molar-refractivity contribution in [1.82, 2.24) is 29.4 Å². The Kier molecular flexibility index (Phi) is 4.04. The summed E-state index contributed by atoms with van der Waals surface area (Å²) in [5.41, 5.74) is 0.691. The molecule has 0 aromatic carbocycles. The van der Waals surface area contributed by atoms with Crippen molar-refractivity contribution in [2.45, 2.75) is 18.9 Å². The fourth-order valence-corrected chi connectivity index (χ4v) is 3.77. The molecule has 1 amide bonds. The summed E-state index contributed by atoms with van der Waals surface area (Å²) in [6, 6.07) is 0.289. The predicted octanol–water partition coefficient (Wildman–Crippen LogP) is 2.27. The lowest BCUT2D eigenvalue weighted by molar-refractivity contribution is 0.0684. The number of thiazole rings is 1. The van der Waals surface area contributed by atoms with Crippen LogP contribution in [0.4, 0.5) is 0 Å². The van der Waals surface area contributed by atoms with Crippen molar-refractivity contribution in [3.05, 3.63) is 48.4 Å². The van der Waals surface area contributed by atoms with Crippen molar-refractivity contribution >= 4 is 17.2 Å². The number of likely N-dealkylation sites (tertiary alicyclic amines) is 1. The lowest BCUT2D eigenvalue weighted by Crippen LogP contribution is -2.40. The third-order valence-corrected chi connectivity index (χ3v) is 5.14. The molecule has 4 heterocycles. The van der Waals surface area contributed by atoms with Crippen molar-refractivity contribution in [3.8, 4) is 10.7 Å². The zero-order chi connectivity index (χ0) is 16.4. The summed E-state index contributed by atoms with van der Waals surface area (Å²) in [5, 5.41) is 0.717. The molecule has 1 unspecified atom stereocenters. The Bertz CT molecular complexity index is 816. The predicted molar refractivity (Wildman–Crippen MR) is 89.5 cm³/mol. The van der Waals surface area contributed by atoms with Crippen molar-refractivity contribution in [3.63, 3.8) is 0 Å². The van der Waals surface area contributed by atoms with E-state index in [1.54, 1.807) is 31.0 Å². The molecule has 4 rings (SSSR count). The average Bonchev–Trinajstić information content (AvgIpc) is 3.34. The maximum absolute atomic E-state index is 12.8. The second-order valence-electron chi connectivity index (χ2n) is 5.68. The van der Waals surface area contributed by atoms with E-state index in [0.717, 1.165) is 24.4 Å². The van der Waals surface area contributed by atoms with E-state index in [0.29, 0.717) is 17.1 Å². The number of piperidine rings is 1. The normalized spacial score (nSPS) is 17.8. The lowest BCUT2D eigenvalue weighted by Gasteiger charge is -2.33. The Labute approximate surface area is 143 Å². The van der Waals surface area contributed by atoms with E-state index >= 15 is 0 Å². The van der Waals surface area contributed by atoms with Gasteiger partial charge >= 0.3 is 0 Å². The highest BCUT2D eigenvalue weighted by atomic mass is 32.1. The van der Waals surface area contributed by atoms with E-state index in [9.17, 15) is 4.79 Å². The quantitative estimate of drug-likeness (QED) is 0.731. The van der Waals surface area contributed by atoms with Crippen molar-refractivity contribution in [2.24, 2.45) is 0 Å². The van der Waals surface area contributed by atoms with Gasteiger partial charge in [0.05, 0.1) is 24.8 Å². The topological polar surface area (TPSA) is 76.8 Å². The monoisotopic (exact) mass is 340 g/mol. The van der Waals surface area contributed by atoms with Crippen molar-refractivity contribution in [2.75, 3.05) is 13.1 Å². The van der Waals surface area contributed by atoms with Crippen LogP contribution in [0.2, 0.25) is 0 Å². The zero-order valence-corrected chi connectivity index (χ0v) is 13.8. The van der Waals surface area contributed by atoms with E-state index in [2.05, 4.69) is 24.5 Å². The number of aromatic nitrogens is 5. The summed E-state index contributed by atoms with van der Waals surface area (Å²) in [4.78, 5) is 32.0. The third-order valence-electron chi connectivity index (χ3n) is 4.13. The molecule has 0 bridgehead atoms. The van der Waals surface area contributed by atoms with E-state index in [1.807, 2.05) is 17.4 Å². The molecule has 0 aliphatic carbocycles. The molecular formula is C16H16N6OS. The third kappa shape index (κ3) is 2.92. The summed E-state index contributed by atoms with van der Waals surface area (Å²) in [6.45, 7) is 1.48. The van der Waals surface area contributed by atoms with E-state index in [4.69, 9.17) is 0 Å². The van der Waals surface area contributed by atoms with Gasteiger partial charge in [0.15, 0.2) is 0 Å². The smallest absolute Gasteiger partial charge is 0.265 e. The van der Waals surface area contributed by atoms with Crippen molar-refractivity contribution in [1.29, 1.82) is 0 Å². The Hall–Kier alpha value is -2.61. The fourth-order valence-electron chi connectivity index (χ4n) is 2.92. The maximum atomic E-state index is 12.8. The number of carbonyl (C=O) groups is 1. The second-order valence-corrected chi connectivity index (χ2v) is 6.71. The highest BCUT2D eigenvalue weighted by molar-refractivity contribution is 7.16. The Morgan fingerprint density at radius 3 is 2.92 bits per heavy atom. The number of hydrogen-bond acceptors (Lipinski definition) is 6. The van der Waals surface area contributed by atoms with Gasteiger partial charge in [-0.1, -0.05) is 0 Å². The Morgan fingerprint density at radius 1 is 1.17 bits per heavy atom. The fraction of sp³-hybridized carbons (Fsp3) is 0.312. The molecule has 1 saturated heterocycles. The number of nitrogens with zero attached hydrogens (tertiary/aromatic N) is 6. The minimum atomic E-state index is 0.0347. The molecular weight excluding hydrogens is 324 g/mol. The molecule has 1 fully saturated rings. The standard InChI is InChI=1S/C16H16N6OS/c23-16(14-9-20-15(24-14)13-8-17-3-4-19-13)21-6-1-2-12(10-21)22-7-5-18-11-22/h3-5,7-9,11-12H,1-2,6,10H2. The van der Waals surface area contributed by atoms with Gasteiger partial charge in [-0.15, -0.1) is 11.3 Å². The second kappa shape index (κ2) is 6.48. The zero-order valence-electron chi connectivity index (χ0n) is 12.9. The minimum absolute atomic E-state index is 0.0347. The maximum Gasteiger partial charge on any atom is 0.265 e. The van der Waals surface area contributed by atoms with Gasteiger partial charge in [0.1, 0.15) is 15.6 Å². The molecule has 1 atom stereocenters. The Morgan fingerprint density at radius 2 is 2.12 bits per heavy atom. The van der Waals surface area contributed by atoms with Crippen LogP contribution < -0.4 is 0 Å². The van der Waals surface area contributed by atoms with Crippen LogP contribution in [0, 0.1) is 0 Å². The molecule has 0 saturated carbocycles. The van der Waals surface area contributed by atoms with Crippen LogP contribution in [-0.2, 0) is 0 Å². The number of amides is 1.